The number of halogens is 2. The minimum Gasteiger partial charge on any atom is -0.487 e. The number of rotatable bonds is 7. The van der Waals surface area contributed by atoms with Gasteiger partial charge in [0.1, 0.15) is 5.82 Å². The summed E-state index contributed by atoms with van der Waals surface area (Å²) in [6.07, 6.45) is 4.17. The van der Waals surface area contributed by atoms with Crippen molar-refractivity contribution < 1.29 is 13.9 Å². The van der Waals surface area contributed by atoms with Crippen molar-refractivity contribution in [2.24, 2.45) is 11.1 Å². The molecule has 4 N–H and O–H groups in total. The minimum absolute atomic E-state index is 0.0224. The Kier molecular flexibility index (Phi) is 6.08. The Morgan fingerprint density at radius 1 is 1.23 bits per heavy atom. The Morgan fingerprint density at radius 3 is 2.71 bits per heavy atom. The van der Waals surface area contributed by atoms with E-state index in [1.54, 1.807) is 24.4 Å². The van der Waals surface area contributed by atoms with Crippen molar-refractivity contribution in [1.82, 2.24) is 15.2 Å². The second kappa shape index (κ2) is 8.93. The molecule has 7 nitrogen and oxygen atoms in total. The summed E-state index contributed by atoms with van der Waals surface area (Å²) in [4.78, 5) is 17.0. The van der Waals surface area contributed by atoms with Crippen molar-refractivity contribution in [2.45, 2.75) is 38.2 Å². The highest BCUT2D eigenvalue weighted by Crippen LogP contribution is 2.40. The largest absolute Gasteiger partial charge is 0.487 e. The van der Waals surface area contributed by atoms with Gasteiger partial charge in [-0.25, -0.2) is 9.37 Å². The van der Waals surface area contributed by atoms with E-state index in [0.717, 1.165) is 5.69 Å². The summed E-state index contributed by atoms with van der Waals surface area (Å²) in [5.41, 5.74) is 5.87. The van der Waals surface area contributed by atoms with E-state index in [0.29, 0.717) is 43.7 Å². The summed E-state index contributed by atoms with van der Waals surface area (Å²) in [6.45, 7) is 0. The van der Waals surface area contributed by atoms with E-state index in [9.17, 15) is 9.18 Å². The van der Waals surface area contributed by atoms with Gasteiger partial charge in [-0.15, -0.1) is 0 Å². The van der Waals surface area contributed by atoms with E-state index in [-0.39, 0.29) is 22.8 Å². The number of nitrogens with two attached hydrogens (primary N) is 1. The molecule has 0 aliphatic heterocycles. The number of aromatic amines is 1. The Hall–Kier alpha value is -3.13. The summed E-state index contributed by atoms with van der Waals surface area (Å²) in [6, 6.07) is 12.1. The van der Waals surface area contributed by atoms with Crippen LogP contribution in [0.3, 0.4) is 0 Å². The molecule has 162 valence electrons. The standard InChI is InChI=1S/C22H23ClFN5O2/c23-16-4-2-5-17(20(16)24)31-15-7-10-22(11-8-15,21(25)30)13-14-3-1-6-18(27-14)28-19-9-12-26-29-19/h1-6,9,12,15H,7-8,10-11,13H2,(H2,25,30)(H2,26,27,28,29)/t15-,22-. The van der Waals surface area contributed by atoms with E-state index >= 15 is 0 Å². The molecule has 2 aromatic heterocycles. The van der Waals surface area contributed by atoms with Gasteiger partial charge in [-0.3, -0.25) is 9.89 Å². The summed E-state index contributed by atoms with van der Waals surface area (Å²) >= 11 is 5.83. The Bertz CT molecular complexity index is 1050. The fourth-order valence-electron chi connectivity index (χ4n) is 3.98. The fourth-order valence-corrected chi connectivity index (χ4v) is 4.15. The molecule has 3 aromatic rings. The van der Waals surface area contributed by atoms with Crippen LogP contribution in [0.25, 0.3) is 0 Å². The Labute approximate surface area is 184 Å². The van der Waals surface area contributed by atoms with Crippen LogP contribution in [0.2, 0.25) is 5.02 Å². The van der Waals surface area contributed by atoms with E-state index < -0.39 is 11.2 Å². The van der Waals surface area contributed by atoms with Crippen LogP contribution in [0.5, 0.6) is 5.75 Å². The number of H-pyrrole nitrogens is 1. The van der Waals surface area contributed by atoms with Gasteiger partial charge in [-0.05, 0) is 49.9 Å². The number of anilines is 2. The van der Waals surface area contributed by atoms with Gasteiger partial charge >= 0.3 is 0 Å². The van der Waals surface area contributed by atoms with Crippen molar-refractivity contribution in [3.8, 4) is 5.75 Å². The van der Waals surface area contributed by atoms with E-state index in [2.05, 4.69) is 20.5 Å². The molecule has 1 aliphatic rings. The van der Waals surface area contributed by atoms with Gasteiger partial charge in [-0.2, -0.15) is 5.10 Å². The van der Waals surface area contributed by atoms with Gasteiger partial charge in [0.25, 0.3) is 0 Å². The van der Waals surface area contributed by atoms with Gasteiger partial charge in [0.15, 0.2) is 17.4 Å². The van der Waals surface area contributed by atoms with Crippen LogP contribution in [-0.4, -0.2) is 27.2 Å². The third kappa shape index (κ3) is 4.80. The number of hydrogen-bond acceptors (Lipinski definition) is 5. The normalized spacial score (nSPS) is 20.9. The molecule has 1 aliphatic carbocycles. The second-order valence-corrected chi connectivity index (χ2v) is 8.20. The first-order valence-corrected chi connectivity index (χ1v) is 10.5. The molecular formula is C22H23ClFN5O2. The molecule has 0 bridgehead atoms. The molecule has 0 atom stereocenters. The lowest BCUT2D eigenvalue weighted by Crippen LogP contribution is -2.44. The predicted octanol–water partition coefficient (Wildman–Crippen LogP) is 4.38. The van der Waals surface area contributed by atoms with Crippen LogP contribution in [-0.2, 0) is 11.2 Å². The molecule has 31 heavy (non-hydrogen) atoms. The highest BCUT2D eigenvalue weighted by atomic mass is 35.5. The predicted molar refractivity (Wildman–Crippen MR) is 116 cm³/mol. The number of nitrogens with one attached hydrogen (secondary N) is 2. The average Bonchev–Trinajstić information content (AvgIpc) is 3.26. The zero-order chi connectivity index (χ0) is 21.8. The van der Waals surface area contributed by atoms with E-state index in [1.807, 2.05) is 18.2 Å². The molecule has 1 saturated carbocycles. The third-order valence-electron chi connectivity index (χ3n) is 5.71. The van der Waals surface area contributed by atoms with Gasteiger partial charge in [0.2, 0.25) is 5.91 Å². The molecule has 0 saturated heterocycles. The second-order valence-electron chi connectivity index (χ2n) is 7.79. The van der Waals surface area contributed by atoms with Crippen LogP contribution in [0.15, 0.2) is 48.7 Å². The molecule has 0 spiro atoms. The van der Waals surface area contributed by atoms with Gasteiger partial charge in [0, 0.05) is 24.4 Å². The maximum atomic E-state index is 14.1. The number of carbonyl (C=O) groups is 1. The maximum absolute atomic E-state index is 14.1. The van der Waals surface area contributed by atoms with Crippen molar-refractivity contribution in [1.29, 1.82) is 0 Å². The molecule has 0 radical (unpaired) electrons. The van der Waals surface area contributed by atoms with Crippen LogP contribution < -0.4 is 15.8 Å². The monoisotopic (exact) mass is 443 g/mol. The Morgan fingerprint density at radius 2 is 2.00 bits per heavy atom. The SMILES string of the molecule is NC(=O)[C@]1(Cc2cccc(Nc3cc[nH]n3)n2)CC[C@@H](Oc2cccc(Cl)c2F)CC1. The van der Waals surface area contributed by atoms with Crippen molar-refractivity contribution >= 4 is 29.1 Å². The van der Waals surface area contributed by atoms with Crippen molar-refractivity contribution in [3.63, 3.8) is 0 Å². The fraction of sp³-hybridized carbons (Fsp3) is 0.318. The van der Waals surface area contributed by atoms with Crippen LogP contribution in [0.1, 0.15) is 31.4 Å². The molecule has 1 aromatic carbocycles. The minimum atomic E-state index is -0.718. The van der Waals surface area contributed by atoms with Crippen molar-refractivity contribution in [3.05, 3.63) is 65.2 Å². The topological polar surface area (TPSA) is 106 Å². The number of ether oxygens (including phenoxy) is 1. The Balaban J connectivity index is 1.43. The molecule has 1 fully saturated rings. The number of aromatic nitrogens is 3. The molecule has 1 amide bonds. The quantitative estimate of drug-likeness (QED) is 0.502. The van der Waals surface area contributed by atoms with Crippen LogP contribution in [0.4, 0.5) is 16.0 Å². The number of benzene rings is 1. The summed E-state index contributed by atoms with van der Waals surface area (Å²) in [5, 5.41) is 9.92. The highest BCUT2D eigenvalue weighted by Gasteiger charge is 2.41. The highest BCUT2D eigenvalue weighted by molar-refractivity contribution is 6.30. The first-order chi connectivity index (χ1) is 14.9. The molecule has 4 rings (SSSR count). The smallest absolute Gasteiger partial charge is 0.224 e. The van der Waals surface area contributed by atoms with Crippen LogP contribution >= 0.6 is 11.6 Å². The lowest BCUT2D eigenvalue weighted by molar-refractivity contribution is -0.130. The summed E-state index contributed by atoms with van der Waals surface area (Å²) < 4.78 is 20.0. The summed E-state index contributed by atoms with van der Waals surface area (Å²) in [7, 11) is 0. The zero-order valence-electron chi connectivity index (χ0n) is 16.8. The van der Waals surface area contributed by atoms with Crippen molar-refractivity contribution in [2.75, 3.05) is 5.32 Å². The van der Waals surface area contributed by atoms with E-state index in [1.165, 1.54) is 6.07 Å². The van der Waals surface area contributed by atoms with E-state index in [4.69, 9.17) is 22.1 Å². The molecule has 0 unspecified atom stereocenters. The number of primary amides is 1. The lowest BCUT2D eigenvalue weighted by atomic mass is 9.69. The first kappa shape index (κ1) is 21.1. The number of hydrogen-bond donors (Lipinski definition) is 3. The lowest BCUT2D eigenvalue weighted by Gasteiger charge is -2.37. The zero-order valence-corrected chi connectivity index (χ0v) is 17.5. The number of nitrogens with zero attached hydrogens (tertiary/aromatic N) is 2. The number of pyridine rings is 1. The van der Waals surface area contributed by atoms with Gasteiger partial charge in [-0.1, -0.05) is 23.7 Å². The summed E-state index contributed by atoms with van der Waals surface area (Å²) in [5.74, 6) is 0.495. The third-order valence-corrected chi connectivity index (χ3v) is 6.00. The maximum Gasteiger partial charge on any atom is 0.224 e. The van der Waals surface area contributed by atoms with Gasteiger partial charge in [0.05, 0.1) is 16.5 Å². The number of amides is 1. The first-order valence-electron chi connectivity index (χ1n) is 10.1. The van der Waals surface area contributed by atoms with Gasteiger partial charge < -0.3 is 15.8 Å². The molecule has 2 heterocycles. The van der Waals surface area contributed by atoms with Crippen LogP contribution in [0, 0.1) is 11.2 Å². The average molecular weight is 444 g/mol. The molecular weight excluding hydrogens is 421 g/mol. The number of carbonyl (C=O) groups excluding carboxylic acids is 1. The molecule has 9 heteroatoms.